The molecule has 0 saturated heterocycles. The molecule has 5 atom stereocenters. The highest BCUT2D eigenvalue weighted by molar-refractivity contribution is 6.38. The maximum Gasteiger partial charge on any atom is 0.408 e. The molecule has 1 aliphatic rings. The number of anilines is 1. The summed E-state index contributed by atoms with van der Waals surface area (Å²) in [6.45, 7) is 13.0. The van der Waals surface area contributed by atoms with Crippen molar-refractivity contribution in [2.24, 2.45) is 17.3 Å². The van der Waals surface area contributed by atoms with Crippen LogP contribution in [-0.4, -0.2) is 44.9 Å². The summed E-state index contributed by atoms with van der Waals surface area (Å²) in [5.74, 6) is -0.0213. The number of aryl methyl sites for hydroxylation is 1. The highest BCUT2D eigenvalue weighted by Gasteiger charge is 2.40. The number of amides is 3. The highest BCUT2D eigenvalue weighted by Crippen LogP contribution is 2.42. The van der Waals surface area contributed by atoms with Crippen LogP contribution in [-0.2, 0) is 38.6 Å². The normalized spacial score (nSPS) is 17.4. The second kappa shape index (κ2) is 17.9. The number of H-pyrrole nitrogens is 1. The monoisotopic (exact) mass is 754 g/mol. The molecule has 14 heteroatoms. The van der Waals surface area contributed by atoms with E-state index in [0.717, 1.165) is 47.0 Å². The van der Waals surface area contributed by atoms with Gasteiger partial charge < -0.3 is 24.8 Å². The molecule has 0 aliphatic heterocycles. The first-order valence-electron chi connectivity index (χ1n) is 17.5. The molecule has 4 aromatic rings. The fourth-order valence-corrected chi connectivity index (χ4v) is 6.69. The molecule has 5 rings (SSSR count). The van der Waals surface area contributed by atoms with Gasteiger partial charge in [0.1, 0.15) is 12.6 Å². The summed E-state index contributed by atoms with van der Waals surface area (Å²) in [6, 6.07) is 12.1. The van der Waals surface area contributed by atoms with Crippen molar-refractivity contribution in [2.75, 3.05) is 5.32 Å². The van der Waals surface area contributed by atoms with Gasteiger partial charge in [-0.15, -0.1) is 5.10 Å². The number of carbonyl (C=O) groups excluding carboxylic acids is 4. The van der Waals surface area contributed by atoms with Crippen LogP contribution in [0.1, 0.15) is 96.5 Å². The maximum atomic E-state index is 13.6. The Morgan fingerprint density at radius 1 is 1.00 bits per heavy atom. The molecule has 0 radical (unpaired) electrons. The summed E-state index contributed by atoms with van der Waals surface area (Å²) < 4.78 is 10.7. The summed E-state index contributed by atoms with van der Waals surface area (Å²) in [5.41, 5.74) is 3.30. The number of Topliss-reactive ketones (excluding diaryl/α,β-unsaturated/α-hetero) is 1. The van der Waals surface area contributed by atoms with Crippen LogP contribution in [0.5, 0.6) is 0 Å². The summed E-state index contributed by atoms with van der Waals surface area (Å²) in [7, 11) is 0. The van der Waals surface area contributed by atoms with Gasteiger partial charge in [0.2, 0.25) is 17.7 Å². The Bertz CT molecular complexity index is 1880. The molecule has 280 valence electrons. The van der Waals surface area contributed by atoms with Crippen molar-refractivity contribution in [1.29, 1.82) is 0 Å². The van der Waals surface area contributed by atoms with E-state index in [4.69, 9.17) is 32.4 Å². The number of nitrogens with one attached hydrogen (secondary N) is 4. The Kier molecular flexibility index (Phi) is 13.9. The number of alkyl carbamates (subject to hydrolysis) is 1. The quantitative estimate of drug-likeness (QED) is 0.112. The van der Waals surface area contributed by atoms with Crippen molar-refractivity contribution < 1.29 is 28.3 Å². The number of aromatic nitrogens is 3. The van der Waals surface area contributed by atoms with E-state index in [1.165, 1.54) is 13.8 Å². The lowest BCUT2D eigenvalue weighted by atomic mass is 9.73. The minimum atomic E-state index is -0.636. The van der Waals surface area contributed by atoms with E-state index in [2.05, 4.69) is 31.1 Å². The number of aromatic amines is 1. The predicted molar refractivity (Wildman–Crippen MR) is 201 cm³/mol. The Labute approximate surface area is 314 Å². The van der Waals surface area contributed by atoms with Gasteiger partial charge in [0.25, 0.3) is 0 Å². The zero-order valence-corrected chi connectivity index (χ0v) is 32.2. The van der Waals surface area contributed by atoms with Crippen molar-refractivity contribution in [3.05, 3.63) is 75.2 Å². The van der Waals surface area contributed by atoms with Crippen LogP contribution in [0.3, 0.4) is 0 Å². The molecule has 0 bridgehead atoms. The summed E-state index contributed by atoms with van der Waals surface area (Å²) in [5, 5.41) is 18.3. The minimum Gasteiger partial charge on any atom is -0.445 e. The second-order valence-electron chi connectivity index (χ2n) is 13.8. The molecule has 12 nitrogen and oxygen atoms in total. The molecular formula is C38H48Cl2N6O6. The molecule has 2 aromatic carbocycles. The number of rotatable bonds is 12. The average molecular weight is 756 g/mol. The van der Waals surface area contributed by atoms with E-state index in [-0.39, 0.29) is 47.9 Å². The topological polar surface area (TPSA) is 168 Å². The molecule has 0 fully saturated rings. The molecule has 1 aliphatic carbocycles. The van der Waals surface area contributed by atoms with E-state index < -0.39 is 23.6 Å². The highest BCUT2D eigenvalue weighted by atomic mass is 35.5. The van der Waals surface area contributed by atoms with E-state index in [9.17, 15) is 19.2 Å². The van der Waals surface area contributed by atoms with Crippen LogP contribution in [0.25, 0.3) is 10.9 Å². The molecule has 0 spiro atoms. The Morgan fingerprint density at radius 2 is 1.69 bits per heavy atom. The minimum absolute atomic E-state index is 0.0149. The van der Waals surface area contributed by atoms with Gasteiger partial charge in [-0.25, -0.2) is 4.79 Å². The predicted octanol–water partition coefficient (Wildman–Crippen LogP) is 8.13. The number of ketones is 1. The standard InChI is InChI=1S/C23H27Cl2N5O3.C15H21NO3/c1-5-11(2)18(20-29-30-22(33-20)26-12(3)31)28-21(32)23(4)7-6-17-15(10-23)14-8-13(24)9-16(25)19(14)27-17;1-4-11(2)14(12(3)17)16-15(18)19-10-13-8-6-5-7-9-13/h8-9,11,18,27H,5-7,10H2,1-4H3,(H,28,32)(H,26,30,31);5-9,11,14H,4,10H2,1-3H3,(H,16,18)/t11?,18-,23+;11?,14-/m00/s1. The fraction of sp³-hybridized carbons (Fsp3) is 0.474. The van der Waals surface area contributed by atoms with Gasteiger partial charge >= 0.3 is 12.1 Å². The smallest absolute Gasteiger partial charge is 0.408 e. The van der Waals surface area contributed by atoms with E-state index in [0.29, 0.717) is 22.9 Å². The summed E-state index contributed by atoms with van der Waals surface area (Å²) in [6.07, 6.45) is 3.02. The van der Waals surface area contributed by atoms with Crippen LogP contribution < -0.4 is 16.0 Å². The van der Waals surface area contributed by atoms with Gasteiger partial charge in [-0.1, -0.05) is 106 Å². The van der Waals surface area contributed by atoms with Gasteiger partial charge in [0, 0.05) is 23.0 Å². The lowest BCUT2D eigenvalue weighted by molar-refractivity contribution is -0.132. The zero-order valence-electron chi connectivity index (χ0n) is 30.7. The van der Waals surface area contributed by atoms with Crippen LogP contribution in [0.15, 0.2) is 46.9 Å². The molecular weight excluding hydrogens is 707 g/mol. The van der Waals surface area contributed by atoms with Gasteiger partial charge in [-0.05, 0) is 61.3 Å². The van der Waals surface area contributed by atoms with Crippen molar-refractivity contribution in [3.8, 4) is 0 Å². The third-order valence-corrected chi connectivity index (χ3v) is 10.2. The fourth-order valence-electron chi connectivity index (χ4n) is 6.15. The number of hydrogen-bond acceptors (Lipinski definition) is 8. The largest absolute Gasteiger partial charge is 0.445 e. The lowest BCUT2D eigenvalue weighted by Gasteiger charge is -2.34. The third kappa shape index (κ3) is 10.1. The van der Waals surface area contributed by atoms with Crippen molar-refractivity contribution >= 4 is 63.8 Å². The first-order valence-corrected chi connectivity index (χ1v) is 18.3. The number of benzene rings is 2. The first kappa shape index (κ1) is 40.4. The van der Waals surface area contributed by atoms with E-state index in [1.807, 2.05) is 71.0 Å². The lowest BCUT2D eigenvalue weighted by Crippen LogP contribution is -2.45. The van der Waals surface area contributed by atoms with Crippen molar-refractivity contribution in [2.45, 2.75) is 99.3 Å². The number of hydrogen-bond donors (Lipinski definition) is 4. The summed E-state index contributed by atoms with van der Waals surface area (Å²) >= 11 is 12.6. The van der Waals surface area contributed by atoms with Crippen LogP contribution in [0, 0.1) is 17.3 Å². The van der Waals surface area contributed by atoms with Gasteiger partial charge in [0.05, 0.1) is 22.0 Å². The van der Waals surface area contributed by atoms with Crippen LogP contribution in [0.4, 0.5) is 10.8 Å². The molecule has 3 amide bonds. The summed E-state index contributed by atoms with van der Waals surface area (Å²) in [4.78, 5) is 51.4. The number of ether oxygens (including phenoxy) is 1. The number of fused-ring (bicyclic) bond motifs is 3. The van der Waals surface area contributed by atoms with E-state index >= 15 is 0 Å². The molecule has 52 heavy (non-hydrogen) atoms. The maximum absolute atomic E-state index is 13.6. The van der Waals surface area contributed by atoms with Crippen molar-refractivity contribution in [3.63, 3.8) is 0 Å². The third-order valence-electron chi connectivity index (χ3n) is 9.69. The Hall–Kier alpha value is -4.42. The molecule has 4 N–H and O–H groups in total. The number of carbonyl (C=O) groups is 4. The van der Waals surface area contributed by atoms with Crippen LogP contribution in [0.2, 0.25) is 10.0 Å². The Balaban J connectivity index is 0.000000272. The van der Waals surface area contributed by atoms with Crippen LogP contribution >= 0.6 is 23.2 Å². The SMILES string of the molecule is CCC(C)[C@H](NC(=O)OCc1ccccc1)C(C)=O.CCC(C)[C@H](NC(=O)[C@]1(C)CCc2[nH]c3c(Cl)cc(Cl)cc3c2C1)c1nnc(NC(C)=O)o1. The second-order valence-corrected chi connectivity index (χ2v) is 14.6. The van der Waals surface area contributed by atoms with Crippen molar-refractivity contribution in [1.82, 2.24) is 25.8 Å². The zero-order chi connectivity index (χ0) is 38.2. The number of nitrogens with zero attached hydrogens (tertiary/aromatic N) is 2. The molecule has 0 saturated carbocycles. The molecule has 2 unspecified atom stereocenters. The molecule has 2 heterocycles. The molecule has 2 aromatic heterocycles. The van der Waals surface area contributed by atoms with E-state index in [1.54, 1.807) is 6.07 Å². The van der Waals surface area contributed by atoms with Gasteiger partial charge in [-0.2, -0.15) is 0 Å². The average Bonchev–Trinajstić information content (AvgIpc) is 3.72. The van der Waals surface area contributed by atoms with Gasteiger partial charge in [-0.3, -0.25) is 19.7 Å². The number of halogens is 2. The Morgan fingerprint density at radius 3 is 2.33 bits per heavy atom. The first-order chi connectivity index (χ1) is 24.6. The van der Waals surface area contributed by atoms with Gasteiger partial charge in [0.15, 0.2) is 5.78 Å².